The standard InChI is InChI=1S/C19H19N5O6S/c1-13-3-5-15-16(7-10-21-17(15)11-13)20-8-2-9-22-31(29,30)19-6-4-14(23(25)26)12-18(19)24(27)28/h3-7,10-12,22H,2,8-9H2,1H3,(H,20,21). The first-order valence-electron chi connectivity index (χ1n) is 9.21. The van der Waals surface area contributed by atoms with Crippen LogP contribution in [0.5, 0.6) is 0 Å². The second-order valence-electron chi connectivity index (χ2n) is 6.72. The van der Waals surface area contributed by atoms with Crippen molar-refractivity contribution in [3.8, 4) is 0 Å². The molecule has 0 fully saturated rings. The summed E-state index contributed by atoms with van der Waals surface area (Å²) in [5.41, 5.74) is 1.38. The van der Waals surface area contributed by atoms with Crippen LogP contribution in [0.15, 0.2) is 53.6 Å². The second-order valence-corrected chi connectivity index (χ2v) is 8.46. The van der Waals surface area contributed by atoms with E-state index in [0.29, 0.717) is 19.0 Å². The minimum absolute atomic E-state index is 0.0194. The number of hydrogen-bond donors (Lipinski definition) is 2. The van der Waals surface area contributed by atoms with E-state index in [1.807, 2.05) is 31.2 Å². The van der Waals surface area contributed by atoms with E-state index in [0.717, 1.165) is 34.3 Å². The lowest BCUT2D eigenvalue weighted by Gasteiger charge is -2.11. The van der Waals surface area contributed by atoms with Gasteiger partial charge in [-0.15, -0.1) is 0 Å². The van der Waals surface area contributed by atoms with Gasteiger partial charge in [0.25, 0.3) is 11.4 Å². The number of nitro groups is 2. The van der Waals surface area contributed by atoms with Gasteiger partial charge in [-0.2, -0.15) is 0 Å². The summed E-state index contributed by atoms with van der Waals surface area (Å²) >= 11 is 0. The van der Waals surface area contributed by atoms with E-state index in [1.165, 1.54) is 0 Å². The van der Waals surface area contributed by atoms with Crippen molar-refractivity contribution in [1.82, 2.24) is 9.71 Å². The summed E-state index contributed by atoms with van der Waals surface area (Å²) in [6.07, 6.45) is 2.08. The molecule has 1 aromatic heterocycles. The molecule has 0 aliphatic rings. The van der Waals surface area contributed by atoms with E-state index in [4.69, 9.17) is 0 Å². The number of nitro benzene ring substituents is 2. The van der Waals surface area contributed by atoms with Crippen LogP contribution in [0.4, 0.5) is 17.1 Å². The molecule has 0 spiro atoms. The number of benzene rings is 2. The molecule has 0 amide bonds. The highest BCUT2D eigenvalue weighted by Gasteiger charge is 2.28. The number of non-ortho nitro benzene ring substituents is 1. The third kappa shape index (κ3) is 5.10. The summed E-state index contributed by atoms with van der Waals surface area (Å²) < 4.78 is 27.2. The average Bonchev–Trinajstić information content (AvgIpc) is 2.72. The number of aromatic nitrogens is 1. The van der Waals surface area contributed by atoms with Gasteiger partial charge in [0, 0.05) is 36.4 Å². The van der Waals surface area contributed by atoms with E-state index in [9.17, 15) is 28.6 Å². The monoisotopic (exact) mass is 445 g/mol. The molecule has 1 heterocycles. The first-order valence-corrected chi connectivity index (χ1v) is 10.7. The summed E-state index contributed by atoms with van der Waals surface area (Å²) in [5, 5.41) is 26.1. The summed E-state index contributed by atoms with van der Waals surface area (Å²) in [5.74, 6) is 0. The van der Waals surface area contributed by atoms with E-state index < -0.39 is 36.1 Å². The van der Waals surface area contributed by atoms with Crippen LogP contribution in [0.2, 0.25) is 0 Å². The zero-order valence-corrected chi connectivity index (χ0v) is 17.3. The van der Waals surface area contributed by atoms with Crippen molar-refractivity contribution >= 4 is 38.0 Å². The Hall–Kier alpha value is -3.64. The van der Waals surface area contributed by atoms with E-state index >= 15 is 0 Å². The number of nitrogens with one attached hydrogen (secondary N) is 2. The first kappa shape index (κ1) is 22.1. The van der Waals surface area contributed by atoms with Crippen LogP contribution in [0, 0.1) is 27.2 Å². The van der Waals surface area contributed by atoms with Crippen molar-refractivity contribution in [3.63, 3.8) is 0 Å². The molecule has 12 heteroatoms. The molecular weight excluding hydrogens is 426 g/mol. The lowest BCUT2D eigenvalue weighted by Crippen LogP contribution is -2.26. The molecule has 0 saturated carbocycles. The van der Waals surface area contributed by atoms with Crippen molar-refractivity contribution in [2.45, 2.75) is 18.2 Å². The van der Waals surface area contributed by atoms with Crippen LogP contribution in [0.25, 0.3) is 10.9 Å². The van der Waals surface area contributed by atoms with Gasteiger partial charge >= 0.3 is 0 Å². The Balaban J connectivity index is 1.63. The maximum Gasteiger partial charge on any atom is 0.296 e. The lowest BCUT2D eigenvalue weighted by atomic mass is 10.1. The van der Waals surface area contributed by atoms with Gasteiger partial charge in [0.1, 0.15) is 0 Å². The molecule has 0 atom stereocenters. The Morgan fingerprint density at radius 2 is 1.77 bits per heavy atom. The predicted octanol–water partition coefficient (Wildman–Crippen LogP) is 3.14. The van der Waals surface area contributed by atoms with Gasteiger partial charge in [0.15, 0.2) is 4.90 Å². The quantitative estimate of drug-likeness (QED) is 0.289. The maximum absolute atomic E-state index is 12.5. The molecule has 2 aromatic carbocycles. The number of pyridine rings is 1. The molecule has 162 valence electrons. The topological polar surface area (TPSA) is 157 Å². The highest BCUT2D eigenvalue weighted by atomic mass is 32.2. The predicted molar refractivity (Wildman–Crippen MR) is 115 cm³/mol. The number of anilines is 1. The summed E-state index contributed by atoms with van der Waals surface area (Å²) in [7, 11) is -4.21. The molecule has 3 rings (SSSR count). The van der Waals surface area contributed by atoms with Gasteiger partial charge in [0.05, 0.1) is 21.4 Å². The average molecular weight is 445 g/mol. The Morgan fingerprint density at radius 3 is 2.48 bits per heavy atom. The Kier molecular flexibility index (Phi) is 6.42. The molecule has 3 aromatic rings. The van der Waals surface area contributed by atoms with Crippen LogP contribution in [0.3, 0.4) is 0 Å². The Bertz CT molecular complexity index is 1260. The van der Waals surface area contributed by atoms with Gasteiger partial charge in [-0.05, 0) is 37.1 Å². The number of sulfonamides is 1. The lowest BCUT2D eigenvalue weighted by molar-refractivity contribution is -0.396. The Morgan fingerprint density at radius 1 is 1.00 bits per heavy atom. The van der Waals surface area contributed by atoms with Crippen molar-refractivity contribution < 1.29 is 18.3 Å². The van der Waals surface area contributed by atoms with Crippen LogP contribution >= 0.6 is 0 Å². The largest absolute Gasteiger partial charge is 0.384 e. The molecule has 0 aliphatic carbocycles. The summed E-state index contributed by atoms with van der Waals surface area (Å²) in [6.45, 7) is 2.44. The fraction of sp³-hybridized carbons (Fsp3) is 0.211. The SMILES string of the molecule is Cc1ccc2c(NCCCNS(=O)(=O)c3ccc([N+](=O)[O-])cc3[N+](=O)[O-])ccnc2c1. The zero-order valence-electron chi connectivity index (χ0n) is 16.4. The molecule has 0 saturated heterocycles. The molecule has 2 N–H and O–H groups in total. The van der Waals surface area contributed by atoms with Gasteiger partial charge in [-0.1, -0.05) is 12.1 Å². The fourth-order valence-electron chi connectivity index (χ4n) is 3.00. The van der Waals surface area contributed by atoms with Crippen molar-refractivity contribution in [1.29, 1.82) is 0 Å². The molecule has 31 heavy (non-hydrogen) atoms. The second kappa shape index (κ2) is 9.02. The molecule has 0 bridgehead atoms. The number of nitrogens with zero attached hydrogens (tertiary/aromatic N) is 3. The highest BCUT2D eigenvalue weighted by Crippen LogP contribution is 2.28. The van der Waals surface area contributed by atoms with Gasteiger partial charge in [0.2, 0.25) is 10.0 Å². The minimum atomic E-state index is -4.21. The van der Waals surface area contributed by atoms with Crippen LogP contribution in [-0.2, 0) is 10.0 Å². The molecule has 0 aliphatic heterocycles. The fourth-order valence-corrected chi connectivity index (χ4v) is 4.22. The third-order valence-corrected chi connectivity index (χ3v) is 6.01. The van der Waals surface area contributed by atoms with E-state index in [1.54, 1.807) is 6.20 Å². The highest BCUT2D eigenvalue weighted by molar-refractivity contribution is 7.89. The normalized spacial score (nSPS) is 11.4. The minimum Gasteiger partial charge on any atom is -0.384 e. The van der Waals surface area contributed by atoms with Gasteiger partial charge in [-0.3, -0.25) is 25.2 Å². The van der Waals surface area contributed by atoms with Crippen molar-refractivity contribution in [2.75, 3.05) is 18.4 Å². The van der Waals surface area contributed by atoms with Crippen LogP contribution in [-0.4, -0.2) is 36.3 Å². The number of aryl methyl sites for hydroxylation is 1. The van der Waals surface area contributed by atoms with Crippen LogP contribution < -0.4 is 10.0 Å². The number of fused-ring (bicyclic) bond motifs is 1. The molecular formula is C19H19N5O6S. The van der Waals surface area contributed by atoms with Crippen LogP contribution in [0.1, 0.15) is 12.0 Å². The smallest absolute Gasteiger partial charge is 0.296 e. The summed E-state index contributed by atoms with van der Waals surface area (Å²) in [4.78, 5) is 23.9. The van der Waals surface area contributed by atoms with E-state index in [2.05, 4.69) is 15.0 Å². The Labute approximate surface area is 177 Å². The van der Waals surface area contributed by atoms with Crippen molar-refractivity contribution in [2.24, 2.45) is 0 Å². The third-order valence-electron chi connectivity index (χ3n) is 4.50. The molecule has 0 radical (unpaired) electrons. The van der Waals surface area contributed by atoms with Crippen molar-refractivity contribution in [3.05, 3.63) is 74.5 Å². The maximum atomic E-state index is 12.5. The van der Waals surface area contributed by atoms with Gasteiger partial charge in [-0.25, -0.2) is 13.1 Å². The molecule has 0 unspecified atom stereocenters. The summed E-state index contributed by atoms with van der Waals surface area (Å²) in [6, 6.07) is 10.1. The first-order chi connectivity index (χ1) is 14.7. The zero-order chi connectivity index (χ0) is 22.6. The number of hydrogen-bond acceptors (Lipinski definition) is 8. The molecule has 11 nitrogen and oxygen atoms in total. The van der Waals surface area contributed by atoms with E-state index in [-0.39, 0.29) is 6.54 Å². The number of rotatable bonds is 9. The van der Waals surface area contributed by atoms with Gasteiger partial charge < -0.3 is 5.32 Å².